The van der Waals surface area contributed by atoms with Crippen LogP contribution in [0.2, 0.25) is 4.34 Å². The van der Waals surface area contributed by atoms with E-state index in [-0.39, 0.29) is 12.5 Å². The van der Waals surface area contributed by atoms with Gasteiger partial charge in [-0.05, 0) is 46.7 Å². The number of carbonyl (C=O) groups is 2. The highest BCUT2D eigenvalue weighted by atomic mass is 35.5. The minimum absolute atomic E-state index is 0.277. The second-order valence-corrected chi connectivity index (χ2v) is 7.69. The van der Waals surface area contributed by atoms with Crippen LogP contribution in [0, 0.1) is 0 Å². The Kier molecular flexibility index (Phi) is 5.98. The Morgan fingerprint density at radius 1 is 1.07 bits per heavy atom. The van der Waals surface area contributed by atoms with Crippen molar-refractivity contribution in [3.63, 3.8) is 0 Å². The first-order valence-electron chi connectivity index (χ1n) is 8.19. The van der Waals surface area contributed by atoms with E-state index in [9.17, 15) is 9.59 Å². The maximum atomic E-state index is 12.2. The molecule has 5 nitrogen and oxygen atoms in total. The normalized spacial score (nSPS) is 10.6. The molecular weight excluding hydrogens is 386 g/mol. The van der Waals surface area contributed by atoms with E-state index in [2.05, 4.69) is 0 Å². The lowest BCUT2D eigenvalue weighted by Crippen LogP contribution is -2.30. The summed E-state index contributed by atoms with van der Waals surface area (Å²) in [4.78, 5) is 26.0. The van der Waals surface area contributed by atoms with Crippen LogP contribution >= 0.6 is 22.9 Å². The number of rotatable bonds is 6. The van der Waals surface area contributed by atoms with E-state index in [1.54, 1.807) is 26.3 Å². The van der Waals surface area contributed by atoms with E-state index in [1.807, 2.05) is 36.4 Å². The number of nitrogens with zero attached hydrogens (tertiary/aromatic N) is 1. The first-order chi connectivity index (χ1) is 13.0. The zero-order valence-electron chi connectivity index (χ0n) is 14.9. The topological polar surface area (TPSA) is 55.8 Å². The number of fused-ring (bicyclic) bond motifs is 1. The second kappa shape index (κ2) is 8.41. The molecule has 0 radical (unpaired) electrons. The van der Waals surface area contributed by atoms with Crippen molar-refractivity contribution in [3.8, 4) is 5.75 Å². The SMILES string of the molecule is COc1ccc2cc(CN(C)C(=O)COC(=O)c3ccc(Cl)s3)ccc2c1. The summed E-state index contributed by atoms with van der Waals surface area (Å²) in [6.07, 6.45) is 0. The maximum Gasteiger partial charge on any atom is 0.348 e. The lowest BCUT2D eigenvalue weighted by Gasteiger charge is -2.17. The molecule has 140 valence electrons. The lowest BCUT2D eigenvalue weighted by molar-refractivity contribution is -0.133. The fourth-order valence-electron chi connectivity index (χ4n) is 2.59. The van der Waals surface area contributed by atoms with E-state index in [0.717, 1.165) is 33.4 Å². The van der Waals surface area contributed by atoms with Gasteiger partial charge in [0, 0.05) is 13.6 Å². The summed E-state index contributed by atoms with van der Waals surface area (Å²) in [6, 6.07) is 15.0. The van der Waals surface area contributed by atoms with E-state index in [0.29, 0.717) is 15.8 Å². The zero-order valence-corrected chi connectivity index (χ0v) is 16.5. The molecule has 0 aliphatic carbocycles. The molecule has 1 heterocycles. The molecule has 2 aromatic carbocycles. The number of methoxy groups -OCH3 is 1. The molecule has 0 unspecified atom stereocenters. The smallest absolute Gasteiger partial charge is 0.348 e. The first kappa shape index (κ1) is 19.2. The van der Waals surface area contributed by atoms with Crippen molar-refractivity contribution in [2.45, 2.75) is 6.54 Å². The molecule has 0 saturated heterocycles. The van der Waals surface area contributed by atoms with Gasteiger partial charge in [0.2, 0.25) is 0 Å². The summed E-state index contributed by atoms with van der Waals surface area (Å²) in [5, 5.41) is 2.13. The van der Waals surface area contributed by atoms with Gasteiger partial charge in [-0.15, -0.1) is 11.3 Å². The van der Waals surface area contributed by atoms with Gasteiger partial charge in [-0.2, -0.15) is 0 Å². The number of carbonyl (C=O) groups excluding carboxylic acids is 2. The molecule has 0 atom stereocenters. The number of amides is 1. The number of hydrogen-bond acceptors (Lipinski definition) is 5. The fraction of sp³-hybridized carbons (Fsp3) is 0.200. The third-order valence-corrected chi connectivity index (χ3v) is 5.27. The third-order valence-electron chi connectivity index (χ3n) is 4.06. The van der Waals surface area contributed by atoms with Crippen molar-refractivity contribution in [1.82, 2.24) is 4.90 Å². The number of likely N-dealkylation sites (N-methyl/N-ethyl adjacent to an activating group) is 1. The van der Waals surface area contributed by atoms with Gasteiger partial charge in [-0.25, -0.2) is 4.79 Å². The van der Waals surface area contributed by atoms with Crippen molar-refractivity contribution in [1.29, 1.82) is 0 Å². The molecule has 3 aromatic rings. The van der Waals surface area contributed by atoms with Crippen LogP contribution in [0.4, 0.5) is 0 Å². The summed E-state index contributed by atoms with van der Waals surface area (Å²) >= 11 is 6.91. The third kappa shape index (κ3) is 4.78. The summed E-state index contributed by atoms with van der Waals surface area (Å²) in [5.41, 5.74) is 0.986. The average molecular weight is 404 g/mol. The van der Waals surface area contributed by atoms with Gasteiger partial charge in [-0.1, -0.05) is 29.8 Å². The van der Waals surface area contributed by atoms with Crippen LogP contribution < -0.4 is 4.74 Å². The molecule has 0 N–H and O–H groups in total. The summed E-state index contributed by atoms with van der Waals surface area (Å²) in [7, 11) is 3.31. The molecule has 0 spiro atoms. The second-order valence-electron chi connectivity index (χ2n) is 5.98. The molecule has 0 fully saturated rings. The van der Waals surface area contributed by atoms with Gasteiger partial charge in [0.1, 0.15) is 10.6 Å². The van der Waals surface area contributed by atoms with E-state index >= 15 is 0 Å². The minimum Gasteiger partial charge on any atom is -0.497 e. The Labute approximate surface area is 166 Å². The number of ether oxygens (including phenoxy) is 2. The molecular formula is C20H18ClNO4S. The van der Waals surface area contributed by atoms with Crippen molar-refractivity contribution in [2.24, 2.45) is 0 Å². The van der Waals surface area contributed by atoms with Gasteiger partial charge >= 0.3 is 5.97 Å². The highest BCUT2D eigenvalue weighted by Crippen LogP contribution is 2.23. The number of halogens is 1. The predicted octanol–water partition coefficient (Wildman–Crippen LogP) is 4.38. The lowest BCUT2D eigenvalue weighted by atomic mass is 10.1. The average Bonchev–Trinajstić information content (AvgIpc) is 3.11. The molecule has 7 heteroatoms. The summed E-state index contributed by atoms with van der Waals surface area (Å²) in [6.45, 7) is 0.110. The number of esters is 1. The monoisotopic (exact) mass is 403 g/mol. The first-order valence-corrected chi connectivity index (χ1v) is 9.39. The Bertz CT molecular complexity index is 985. The van der Waals surface area contributed by atoms with Gasteiger partial charge < -0.3 is 14.4 Å². The van der Waals surface area contributed by atoms with Crippen LogP contribution in [0.3, 0.4) is 0 Å². The largest absolute Gasteiger partial charge is 0.497 e. The standard InChI is InChI=1S/C20H18ClNO4S/c1-22(19(23)12-26-20(24)17-7-8-18(21)27-17)11-13-3-4-15-10-16(25-2)6-5-14(15)9-13/h3-10H,11-12H2,1-2H3. The zero-order chi connectivity index (χ0) is 19.4. The van der Waals surface area contributed by atoms with Crippen LogP contribution in [-0.2, 0) is 16.1 Å². The van der Waals surface area contributed by atoms with Crippen LogP contribution in [0.15, 0.2) is 48.5 Å². The highest BCUT2D eigenvalue weighted by molar-refractivity contribution is 7.17. The molecule has 0 bridgehead atoms. The Morgan fingerprint density at radius 2 is 1.81 bits per heavy atom. The quantitative estimate of drug-likeness (QED) is 0.573. The van der Waals surface area contributed by atoms with Gasteiger partial charge in [0.15, 0.2) is 6.61 Å². The van der Waals surface area contributed by atoms with Crippen molar-refractivity contribution in [3.05, 3.63) is 63.3 Å². The maximum absolute atomic E-state index is 12.2. The summed E-state index contributed by atoms with van der Waals surface area (Å²) in [5.74, 6) is -0.0227. The Balaban J connectivity index is 1.59. The van der Waals surface area contributed by atoms with E-state index in [1.165, 1.54) is 4.90 Å². The van der Waals surface area contributed by atoms with Crippen molar-refractivity contribution in [2.75, 3.05) is 20.8 Å². The van der Waals surface area contributed by atoms with Crippen LogP contribution in [0.25, 0.3) is 10.8 Å². The van der Waals surface area contributed by atoms with Crippen LogP contribution in [-0.4, -0.2) is 37.5 Å². The molecule has 0 saturated carbocycles. The fourth-order valence-corrected chi connectivity index (χ4v) is 3.53. The minimum atomic E-state index is -0.548. The van der Waals surface area contributed by atoms with Gasteiger partial charge in [-0.3, -0.25) is 4.79 Å². The van der Waals surface area contributed by atoms with E-state index in [4.69, 9.17) is 21.1 Å². The number of hydrogen-bond donors (Lipinski definition) is 0. The molecule has 27 heavy (non-hydrogen) atoms. The van der Waals surface area contributed by atoms with Crippen molar-refractivity contribution < 1.29 is 19.1 Å². The van der Waals surface area contributed by atoms with Gasteiger partial charge in [0.25, 0.3) is 5.91 Å². The Morgan fingerprint density at radius 3 is 2.52 bits per heavy atom. The number of benzene rings is 2. The van der Waals surface area contributed by atoms with Crippen LogP contribution in [0.1, 0.15) is 15.2 Å². The number of thiophene rings is 1. The predicted molar refractivity (Wildman–Crippen MR) is 107 cm³/mol. The molecule has 3 rings (SSSR count). The molecule has 0 aliphatic heterocycles. The highest BCUT2D eigenvalue weighted by Gasteiger charge is 2.15. The van der Waals surface area contributed by atoms with Crippen LogP contribution in [0.5, 0.6) is 5.75 Å². The van der Waals surface area contributed by atoms with E-state index < -0.39 is 5.97 Å². The summed E-state index contributed by atoms with van der Waals surface area (Å²) < 4.78 is 10.8. The van der Waals surface area contributed by atoms with Crippen molar-refractivity contribution >= 4 is 45.6 Å². The molecule has 0 aliphatic rings. The van der Waals surface area contributed by atoms with Gasteiger partial charge in [0.05, 0.1) is 11.4 Å². The Hall–Kier alpha value is -2.57. The molecule has 1 aromatic heterocycles. The molecule has 1 amide bonds.